The van der Waals surface area contributed by atoms with E-state index in [-0.39, 0.29) is 30.7 Å². The molecular weight excluding hydrogens is 200 g/mol. The van der Waals surface area contributed by atoms with E-state index in [2.05, 4.69) is 4.74 Å². The van der Waals surface area contributed by atoms with Gasteiger partial charge < -0.3 is 19.0 Å². The van der Waals surface area contributed by atoms with Crippen molar-refractivity contribution in [3.8, 4) is 0 Å². The zero-order chi connectivity index (χ0) is 11.3. The third kappa shape index (κ3) is 3.00. The van der Waals surface area contributed by atoms with Crippen LogP contribution in [0.3, 0.4) is 0 Å². The molecule has 0 aliphatic heterocycles. The Hall–Kier alpha value is -0.940. The minimum Gasteiger partial charge on any atom is -0.469 e. The number of methoxy groups -OCH3 is 2. The molecule has 0 bridgehead atoms. The number of aldehydes is 1. The predicted molar refractivity (Wildman–Crippen MR) is 51.0 cm³/mol. The third-order valence-electron chi connectivity index (χ3n) is 2.67. The SMILES string of the molecule is COCO[C@H]1C[C@@H](C=O)[C@H](C(=O)OC)C1. The van der Waals surface area contributed by atoms with Crippen molar-refractivity contribution in [2.75, 3.05) is 21.0 Å². The summed E-state index contributed by atoms with van der Waals surface area (Å²) < 4.78 is 14.7. The molecule has 0 aromatic carbocycles. The molecule has 1 aliphatic rings. The van der Waals surface area contributed by atoms with Crippen LogP contribution in [0.4, 0.5) is 0 Å². The summed E-state index contributed by atoms with van der Waals surface area (Å²) in [6.45, 7) is 0.185. The van der Waals surface area contributed by atoms with Gasteiger partial charge in [0.15, 0.2) is 0 Å². The summed E-state index contributed by atoms with van der Waals surface area (Å²) in [4.78, 5) is 22.1. The lowest BCUT2D eigenvalue weighted by Gasteiger charge is -2.10. The van der Waals surface area contributed by atoms with Crippen LogP contribution in [-0.4, -0.2) is 39.4 Å². The van der Waals surface area contributed by atoms with Gasteiger partial charge in [-0.15, -0.1) is 0 Å². The lowest BCUT2D eigenvalue weighted by atomic mass is 9.98. The molecule has 1 rings (SSSR count). The molecule has 0 aromatic heterocycles. The van der Waals surface area contributed by atoms with Gasteiger partial charge in [0.2, 0.25) is 0 Å². The summed E-state index contributed by atoms with van der Waals surface area (Å²) in [6.07, 6.45) is 1.80. The lowest BCUT2D eigenvalue weighted by Crippen LogP contribution is -2.21. The highest BCUT2D eigenvalue weighted by Gasteiger charge is 2.39. The second kappa shape index (κ2) is 5.82. The minimum atomic E-state index is -0.366. The Morgan fingerprint density at radius 2 is 2.13 bits per heavy atom. The zero-order valence-electron chi connectivity index (χ0n) is 8.97. The molecule has 0 radical (unpaired) electrons. The van der Waals surface area contributed by atoms with Gasteiger partial charge in [0.25, 0.3) is 0 Å². The van der Waals surface area contributed by atoms with E-state index in [0.29, 0.717) is 12.8 Å². The van der Waals surface area contributed by atoms with Crippen molar-refractivity contribution in [1.82, 2.24) is 0 Å². The largest absolute Gasteiger partial charge is 0.469 e. The maximum Gasteiger partial charge on any atom is 0.309 e. The highest BCUT2D eigenvalue weighted by Crippen LogP contribution is 2.33. The number of carbonyl (C=O) groups excluding carboxylic acids is 2. The van der Waals surface area contributed by atoms with Crippen molar-refractivity contribution in [3.05, 3.63) is 0 Å². The molecule has 5 nitrogen and oxygen atoms in total. The summed E-state index contributed by atoms with van der Waals surface area (Å²) in [6, 6.07) is 0. The Kier molecular flexibility index (Phi) is 4.71. The number of carbonyl (C=O) groups is 2. The molecule has 0 aromatic rings. The first-order valence-corrected chi connectivity index (χ1v) is 4.86. The van der Waals surface area contributed by atoms with Crippen molar-refractivity contribution < 1.29 is 23.8 Å². The molecule has 0 unspecified atom stereocenters. The van der Waals surface area contributed by atoms with E-state index in [9.17, 15) is 9.59 Å². The van der Waals surface area contributed by atoms with Crippen LogP contribution in [0.5, 0.6) is 0 Å². The van der Waals surface area contributed by atoms with E-state index in [0.717, 1.165) is 6.29 Å². The van der Waals surface area contributed by atoms with Crippen LogP contribution in [0.15, 0.2) is 0 Å². The topological polar surface area (TPSA) is 61.8 Å². The Balaban J connectivity index is 2.50. The van der Waals surface area contributed by atoms with Gasteiger partial charge in [0.1, 0.15) is 13.1 Å². The van der Waals surface area contributed by atoms with Gasteiger partial charge in [-0.1, -0.05) is 0 Å². The van der Waals surface area contributed by atoms with Gasteiger partial charge in [-0.25, -0.2) is 0 Å². The lowest BCUT2D eigenvalue weighted by molar-refractivity contribution is -0.148. The van der Waals surface area contributed by atoms with Crippen molar-refractivity contribution in [3.63, 3.8) is 0 Å². The summed E-state index contributed by atoms with van der Waals surface area (Å²) in [7, 11) is 2.86. The van der Waals surface area contributed by atoms with Gasteiger partial charge in [0, 0.05) is 13.0 Å². The van der Waals surface area contributed by atoms with E-state index in [1.54, 1.807) is 0 Å². The van der Waals surface area contributed by atoms with Crippen LogP contribution >= 0.6 is 0 Å². The first kappa shape index (κ1) is 12.1. The molecule has 1 aliphatic carbocycles. The van der Waals surface area contributed by atoms with Gasteiger partial charge in [-0.3, -0.25) is 4.79 Å². The molecule has 0 saturated heterocycles. The highest BCUT2D eigenvalue weighted by atomic mass is 16.7. The Morgan fingerprint density at radius 3 is 2.67 bits per heavy atom. The first-order chi connectivity index (χ1) is 7.22. The van der Waals surface area contributed by atoms with E-state index < -0.39 is 0 Å². The Labute approximate surface area is 88.7 Å². The van der Waals surface area contributed by atoms with E-state index >= 15 is 0 Å². The number of hydrogen-bond donors (Lipinski definition) is 0. The maximum atomic E-state index is 11.3. The fourth-order valence-electron chi connectivity index (χ4n) is 1.90. The second-order valence-electron chi connectivity index (χ2n) is 3.60. The summed E-state index contributed by atoms with van der Waals surface area (Å²) in [5.74, 6) is -0.996. The second-order valence-corrected chi connectivity index (χ2v) is 3.60. The van der Waals surface area contributed by atoms with Crippen LogP contribution < -0.4 is 0 Å². The average Bonchev–Trinajstić information content (AvgIpc) is 2.68. The van der Waals surface area contributed by atoms with E-state index in [1.807, 2.05) is 0 Å². The number of rotatable bonds is 5. The molecule has 0 amide bonds. The Morgan fingerprint density at radius 1 is 1.40 bits per heavy atom. The molecule has 1 fully saturated rings. The molecule has 15 heavy (non-hydrogen) atoms. The monoisotopic (exact) mass is 216 g/mol. The number of hydrogen-bond acceptors (Lipinski definition) is 5. The summed E-state index contributed by atoms with van der Waals surface area (Å²) >= 11 is 0. The van der Waals surface area contributed by atoms with Crippen LogP contribution in [0.25, 0.3) is 0 Å². The molecular formula is C10H16O5. The van der Waals surface area contributed by atoms with Crippen molar-refractivity contribution >= 4 is 12.3 Å². The average molecular weight is 216 g/mol. The number of esters is 1. The van der Waals surface area contributed by atoms with Crippen molar-refractivity contribution in [1.29, 1.82) is 0 Å². The van der Waals surface area contributed by atoms with Crippen molar-refractivity contribution in [2.45, 2.75) is 18.9 Å². The van der Waals surface area contributed by atoms with Crippen LogP contribution in [-0.2, 0) is 23.8 Å². The fraction of sp³-hybridized carbons (Fsp3) is 0.800. The molecule has 0 heterocycles. The van der Waals surface area contributed by atoms with Gasteiger partial charge in [-0.05, 0) is 12.8 Å². The Bertz CT molecular complexity index is 228. The van der Waals surface area contributed by atoms with Crippen molar-refractivity contribution in [2.24, 2.45) is 11.8 Å². The molecule has 0 spiro atoms. The summed E-state index contributed by atoms with van der Waals surface area (Å²) in [5, 5.41) is 0. The van der Waals surface area contributed by atoms with Gasteiger partial charge in [-0.2, -0.15) is 0 Å². The minimum absolute atomic E-state index is 0.0933. The number of ether oxygens (including phenoxy) is 3. The first-order valence-electron chi connectivity index (χ1n) is 4.86. The smallest absolute Gasteiger partial charge is 0.309 e. The third-order valence-corrected chi connectivity index (χ3v) is 2.67. The predicted octanol–water partition coefficient (Wildman–Crippen LogP) is 0.374. The van der Waals surface area contributed by atoms with E-state index in [1.165, 1.54) is 14.2 Å². The fourth-order valence-corrected chi connectivity index (χ4v) is 1.90. The molecule has 5 heteroatoms. The standard InChI is InChI=1S/C10H16O5/c1-13-6-15-8-3-7(5-11)9(4-8)10(12)14-2/h5,7-9H,3-4,6H2,1-2H3/t7-,8-,9+/m0/s1. The highest BCUT2D eigenvalue weighted by molar-refractivity contribution is 5.77. The van der Waals surface area contributed by atoms with Crippen LogP contribution in [0.2, 0.25) is 0 Å². The molecule has 1 saturated carbocycles. The zero-order valence-corrected chi connectivity index (χ0v) is 8.97. The maximum absolute atomic E-state index is 11.3. The molecule has 86 valence electrons. The van der Waals surface area contributed by atoms with Gasteiger partial charge in [0.05, 0.1) is 19.1 Å². The van der Waals surface area contributed by atoms with Gasteiger partial charge >= 0.3 is 5.97 Å². The summed E-state index contributed by atoms with van der Waals surface area (Å²) in [5.41, 5.74) is 0. The molecule has 0 N–H and O–H groups in total. The molecule has 3 atom stereocenters. The van der Waals surface area contributed by atoms with Crippen LogP contribution in [0.1, 0.15) is 12.8 Å². The normalized spacial score (nSPS) is 30.1. The van der Waals surface area contributed by atoms with E-state index in [4.69, 9.17) is 9.47 Å². The van der Waals surface area contributed by atoms with Crippen LogP contribution in [0, 0.1) is 11.8 Å². The quantitative estimate of drug-likeness (QED) is 0.377.